The minimum Gasteiger partial charge on any atom is -0.353 e. The molecule has 0 bridgehead atoms. The third-order valence-electron chi connectivity index (χ3n) is 2.95. The molecule has 2 aromatic rings. The molecule has 22 heavy (non-hydrogen) atoms. The van der Waals surface area contributed by atoms with E-state index in [1.54, 1.807) is 0 Å². The van der Waals surface area contributed by atoms with Crippen LogP contribution in [0.5, 0.6) is 0 Å². The van der Waals surface area contributed by atoms with Crippen LogP contribution in [-0.4, -0.2) is 41.3 Å². The Bertz CT molecular complexity index is 560. The Morgan fingerprint density at radius 3 is 2.45 bits per heavy atom. The molecule has 0 atom stereocenters. The third kappa shape index (κ3) is 4.87. The number of rotatable bonds is 7. The van der Waals surface area contributed by atoms with Gasteiger partial charge < -0.3 is 10.2 Å². The first-order chi connectivity index (χ1) is 10.6. The Balaban J connectivity index is 1.94. The molecule has 0 aliphatic carbocycles. The Morgan fingerprint density at radius 2 is 1.82 bits per heavy atom. The van der Waals surface area contributed by atoms with E-state index in [-0.39, 0.29) is 5.92 Å². The van der Waals surface area contributed by atoms with Crippen LogP contribution in [0, 0.1) is 0 Å². The second-order valence-corrected chi connectivity index (χ2v) is 6.62. The maximum absolute atomic E-state index is 4.49. The second-order valence-electron chi connectivity index (χ2n) is 5.45. The van der Waals surface area contributed by atoms with Gasteiger partial charge in [0.05, 0.1) is 0 Å². The van der Waals surface area contributed by atoms with Crippen LogP contribution in [0.2, 0.25) is 0 Å². The highest BCUT2D eigenvalue weighted by Crippen LogP contribution is 2.17. The predicted molar refractivity (Wildman–Crippen MR) is 93.9 cm³/mol. The smallest absolute Gasteiger partial charge is 0.229 e. The van der Waals surface area contributed by atoms with Crippen molar-refractivity contribution in [3.63, 3.8) is 0 Å². The van der Waals surface area contributed by atoms with Gasteiger partial charge in [0, 0.05) is 37.2 Å². The summed E-state index contributed by atoms with van der Waals surface area (Å²) in [5.74, 6) is 3.40. The van der Waals surface area contributed by atoms with Crippen molar-refractivity contribution in [1.82, 2.24) is 15.0 Å². The molecule has 0 spiro atoms. The number of aromatic nitrogens is 3. The van der Waals surface area contributed by atoms with Crippen molar-refractivity contribution >= 4 is 23.7 Å². The normalized spacial score (nSPS) is 10.8. The SMILES string of the molecule is CC(C)c1nc(NCCSc2ccccc2)nc(N(C)C)n1. The lowest BCUT2D eigenvalue weighted by molar-refractivity contribution is 0.755. The van der Waals surface area contributed by atoms with Gasteiger partial charge in [0.2, 0.25) is 11.9 Å². The van der Waals surface area contributed by atoms with Gasteiger partial charge in [-0.2, -0.15) is 15.0 Å². The van der Waals surface area contributed by atoms with E-state index in [9.17, 15) is 0 Å². The molecule has 1 N–H and O–H groups in total. The van der Waals surface area contributed by atoms with E-state index in [0.29, 0.717) is 11.9 Å². The van der Waals surface area contributed by atoms with Gasteiger partial charge in [-0.25, -0.2) is 0 Å². The average molecular weight is 317 g/mol. The van der Waals surface area contributed by atoms with Crippen LogP contribution in [0.15, 0.2) is 35.2 Å². The van der Waals surface area contributed by atoms with E-state index >= 15 is 0 Å². The van der Waals surface area contributed by atoms with Crippen molar-refractivity contribution in [2.24, 2.45) is 0 Å². The van der Waals surface area contributed by atoms with Crippen LogP contribution in [0.3, 0.4) is 0 Å². The molecule has 1 aromatic carbocycles. The fourth-order valence-electron chi connectivity index (χ4n) is 1.77. The van der Waals surface area contributed by atoms with Gasteiger partial charge in [0.1, 0.15) is 5.82 Å². The Kier molecular flexibility index (Phi) is 6.00. The standard InChI is InChI=1S/C16H23N5S/c1-12(2)14-18-15(20-16(19-14)21(3)4)17-10-11-22-13-8-6-5-7-9-13/h5-9,12H,10-11H2,1-4H3,(H,17,18,19,20). The minimum absolute atomic E-state index is 0.279. The van der Waals surface area contributed by atoms with Gasteiger partial charge in [-0.1, -0.05) is 32.0 Å². The molecule has 118 valence electrons. The van der Waals surface area contributed by atoms with Gasteiger partial charge in [-0.05, 0) is 12.1 Å². The van der Waals surface area contributed by atoms with E-state index in [1.165, 1.54) is 4.90 Å². The lowest BCUT2D eigenvalue weighted by Crippen LogP contribution is -2.18. The Hall–Kier alpha value is -1.82. The van der Waals surface area contributed by atoms with Crippen molar-refractivity contribution < 1.29 is 0 Å². The molecule has 5 nitrogen and oxygen atoms in total. The lowest BCUT2D eigenvalue weighted by atomic mass is 10.2. The second kappa shape index (κ2) is 7.98. The maximum Gasteiger partial charge on any atom is 0.229 e. The van der Waals surface area contributed by atoms with Crippen LogP contribution in [0.25, 0.3) is 0 Å². The van der Waals surface area contributed by atoms with Crippen molar-refractivity contribution in [3.05, 3.63) is 36.2 Å². The van der Waals surface area contributed by atoms with Gasteiger partial charge >= 0.3 is 0 Å². The Labute approximate surface area is 136 Å². The molecule has 0 amide bonds. The summed E-state index contributed by atoms with van der Waals surface area (Å²) < 4.78 is 0. The van der Waals surface area contributed by atoms with Crippen molar-refractivity contribution in [1.29, 1.82) is 0 Å². The molecule has 0 aliphatic rings. The molecule has 2 rings (SSSR count). The predicted octanol–water partition coefficient (Wildman–Crippen LogP) is 3.27. The zero-order chi connectivity index (χ0) is 15.9. The van der Waals surface area contributed by atoms with E-state index in [2.05, 4.69) is 58.4 Å². The molecule has 0 fully saturated rings. The summed E-state index contributed by atoms with van der Waals surface area (Å²) in [7, 11) is 3.88. The van der Waals surface area contributed by atoms with Gasteiger partial charge in [0.15, 0.2) is 0 Å². The van der Waals surface area contributed by atoms with Crippen LogP contribution < -0.4 is 10.2 Å². The fraction of sp³-hybridized carbons (Fsp3) is 0.438. The summed E-state index contributed by atoms with van der Waals surface area (Å²) in [4.78, 5) is 16.6. The number of nitrogens with one attached hydrogen (secondary N) is 1. The highest BCUT2D eigenvalue weighted by atomic mass is 32.2. The van der Waals surface area contributed by atoms with E-state index in [0.717, 1.165) is 18.1 Å². The van der Waals surface area contributed by atoms with Gasteiger partial charge in [-0.15, -0.1) is 11.8 Å². The number of nitrogens with zero attached hydrogens (tertiary/aromatic N) is 4. The molecule has 0 saturated heterocycles. The summed E-state index contributed by atoms with van der Waals surface area (Å²) in [6.07, 6.45) is 0. The van der Waals surface area contributed by atoms with E-state index in [4.69, 9.17) is 0 Å². The van der Waals surface area contributed by atoms with Crippen LogP contribution in [0.1, 0.15) is 25.6 Å². The topological polar surface area (TPSA) is 53.9 Å². The van der Waals surface area contributed by atoms with Crippen LogP contribution in [0.4, 0.5) is 11.9 Å². The zero-order valence-electron chi connectivity index (χ0n) is 13.6. The molecular formula is C16H23N5S. The monoisotopic (exact) mass is 317 g/mol. The van der Waals surface area contributed by atoms with Crippen molar-refractivity contribution in [3.8, 4) is 0 Å². The summed E-state index contributed by atoms with van der Waals surface area (Å²) in [5, 5.41) is 3.30. The summed E-state index contributed by atoms with van der Waals surface area (Å²) in [6, 6.07) is 10.4. The largest absolute Gasteiger partial charge is 0.353 e. The summed E-state index contributed by atoms with van der Waals surface area (Å²) in [6.45, 7) is 4.99. The van der Waals surface area contributed by atoms with E-state index in [1.807, 2.05) is 36.8 Å². The quantitative estimate of drug-likeness (QED) is 0.625. The minimum atomic E-state index is 0.279. The Morgan fingerprint density at radius 1 is 1.09 bits per heavy atom. The molecule has 0 radical (unpaired) electrons. The van der Waals surface area contributed by atoms with Gasteiger partial charge in [-0.3, -0.25) is 0 Å². The van der Waals surface area contributed by atoms with Crippen molar-refractivity contribution in [2.45, 2.75) is 24.7 Å². The fourth-order valence-corrected chi connectivity index (χ4v) is 2.56. The number of thioether (sulfide) groups is 1. The lowest BCUT2D eigenvalue weighted by Gasteiger charge is -2.14. The number of anilines is 2. The summed E-state index contributed by atoms with van der Waals surface area (Å²) >= 11 is 1.82. The molecule has 1 heterocycles. The first kappa shape index (κ1) is 16.5. The maximum atomic E-state index is 4.49. The molecule has 6 heteroatoms. The third-order valence-corrected chi connectivity index (χ3v) is 3.97. The van der Waals surface area contributed by atoms with Crippen molar-refractivity contribution in [2.75, 3.05) is 36.6 Å². The van der Waals surface area contributed by atoms with Gasteiger partial charge in [0.25, 0.3) is 0 Å². The molecule has 0 saturated carbocycles. The summed E-state index contributed by atoms with van der Waals surface area (Å²) in [5.41, 5.74) is 0. The van der Waals surface area contributed by atoms with Crippen LogP contribution in [-0.2, 0) is 0 Å². The molecule has 1 aromatic heterocycles. The highest BCUT2D eigenvalue weighted by molar-refractivity contribution is 7.99. The average Bonchev–Trinajstić information content (AvgIpc) is 2.52. The first-order valence-electron chi connectivity index (χ1n) is 7.41. The van der Waals surface area contributed by atoms with E-state index < -0.39 is 0 Å². The molecule has 0 unspecified atom stereocenters. The number of hydrogen-bond acceptors (Lipinski definition) is 6. The van der Waals surface area contributed by atoms with Crippen LogP contribution >= 0.6 is 11.8 Å². The number of benzene rings is 1. The first-order valence-corrected chi connectivity index (χ1v) is 8.40. The molecule has 0 aliphatic heterocycles. The highest BCUT2D eigenvalue weighted by Gasteiger charge is 2.10. The molecular weight excluding hydrogens is 294 g/mol. The zero-order valence-corrected chi connectivity index (χ0v) is 14.4. The number of hydrogen-bond donors (Lipinski definition) is 1.